The van der Waals surface area contributed by atoms with Crippen molar-refractivity contribution < 1.29 is 4.92 Å². The van der Waals surface area contributed by atoms with Gasteiger partial charge >= 0.3 is 0 Å². The Kier molecular flexibility index (Phi) is 4.77. The number of nitrogens with zero attached hydrogens (tertiary/aromatic N) is 1. The number of hydrogen-bond acceptors (Lipinski definition) is 4. The highest BCUT2D eigenvalue weighted by molar-refractivity contribution is 6.23. The Morgan fingerprint density at radius 3 is 2.42 bits per heavy atom. The predicted molar refractivity (Wildman–Crippen MR) is 48.0 cm³/mol. The smallest absolute Gasteiger partial charge is 0.225 e. The second-order valence-electron chi connectivity index (χ2n) is 2.54. The van der Waals surface area contributed by atoms with E-state index in [2.05, 4.69) is 5.43 Å². The minimum atomic E-state index is -1.04. The third-order valence-corrected chi connectivity index (χ3v) is 2.59. The van der Waals surface area contributed by atoms with Crippen LogP contribution in [0, 0.1) is 10.1 Å². The van der Waals surface area contributed by atoms with Crippen LogP contribution >= 0.6 is 23.2 Å². The van der Waals surface area contributed by atoms with Gasteiger partial charge in [0.2, 0.25) is 6.54 Å². The van der Waals surface area contributed by atoms with Crippen LogP contribution in [0.3, 0.4) is 0 Å². The van der Waals surface area contributed by atoms with Crippen LogP contribution in [-0.4, -0.2) is 28.3 Å². The van der Waals surface area contributed by atoms with Gasteiger partial charge in [0.05, 0.1) is 5.38 Å². The molecular weight excluding hydrogens is 205 g/mol. The van der Waals surface area contributed by atoms with Gasteiger partial charge in [0.1, 0.15) is 5.54 Å². The number of hydrogen-bond donors (Lipinski definition) is 2. The monoisotopic (exact) mass is 215 g/mol. The van der Waals surface area contributed by atoms with Crippen LogP contribution in [0.2, 0.25) is 0 Å². The Morgan fingerprint density at radius 1 is 1.83 bits per heavy atom. The average molecular weight is 216 g/mol. The van der Waals surface area contributed by atoms with E-state index < -0.39 is 22.4 Å². The third kappa shape index (κ3) is 2.75. The van der Waals surface area contributed by atoms with Crippen LogP contribution in [0.5, 0.6) is 0 Å². The summed E-state index contributed by atoms with van der Waals surface area (Å²) in [7, 11) is 0. The third-order valence-electron chi connectivity index (χ3n) is 1.70. The van der Waals surface area contributed by atoms with Crippen molar-refractivity contribution in [2.45, 2.75) is 17.8 Å². The molecule has 0 amide bonds. The highest BCUT2D eigenvalue weighted by Crippen LogP contribution is 2.17. The Morgan fingerprint density at radius 2 is 2.33 bits per heavy atom. The summed E-state index contributed by atoms with van der Waals surface area (Å²) in [6.07, 6.45) is 0. The van der Waals surface area contributed by atoms with Gasteiger partial charge in [-0.05, 0) is 6.92 Å². The van der Waals surface area contributed by atoms with Gasteiger partial charge < -0.3 is 0 Å². The number of halogens is 2. The SMILES string of the molecule is CC(Cl)C(CCl)(C[N+](=O)[O-])NN. The number of alkyl halides is 2. The summed E-state index contributed by atoms with van der Waals surface area (Å²) in [6, 6.07) is 0. The molecule has 72 valence electrons. The van der Waals surface area contributed by atoms with Crippen LogP contribution in [0.1, 0.15) is 6.92 Å². The first-order chi connectivity index (χ1) is 5.48. The number of nitrogens with one attached hydrogen (secondary N) is 1. The molecule has 0 fully saturated rings. The van der Waals surface area contributed by atoms with E-state index in [-0.39, 0.29) is 5.88 Å². The average Bonchev–Trinajstić information content (AvgIpc) is 1.99. The van der Waals surface area contributed by atoms with E-state index >= 15 is 0 Å². The maximum absolute atomic E-state index is 10.2. The molecule has 0 aromatic carbocycles. The number of nitro groups is 1. The van der Waals surface area contributed by atoms with Crippen molar-refractivity contribution in [1.82, 2.24) is 5.43 Å². The van der Waals surface area contributed by atoms with Crippen molar-refractivity contribution in [3.8, 4) is 0 Å². The molecule has 0 aliphatic rings. The number of rotatable bonds is 5. The maximum atomic E-state index is 10.2. The molecule has 0 aliphatic heterocycles. The zero-order valence-corrected chi connectivity index (χ0v) is 8.10. The second-order valence-corrected chi connectivity index (χ2v) is 3.46. The first-order valence-corrected chi connectivity index (χ1v) is 4.25. The highest BCUT2D eigenvalue weighted by atomic mass is 35.5. The van der Waals surface area contributed by atoms with E-state index in [0.717, 1.165) is 0 Å². The van der Waals surface area contributed by atoms with Gasteiger partial charge in [-0.2, -0.15) is 0 Å². The van der Waals surface area contributed by atoms with E-state index in [4.69, 9.17) is 29.0 Å². The van der Waals surface area contributed by atoms with Crippen LogP contribution in [-0.2, 0) is 0 Å². The molecule has 2 atom stereocenters. The molecule has 0 saturated carbocycles. The highest BCUT2D eigenvalue weighted by Gasteiger charge is 2.38. The summed E-state index contributed by atoms with van der Waals surface area (Å²) in [5, 5.41) is 9.72. The first-order valence-electron chi connectivity index (χ1n) is 3.28. The Balaban J connectivity index is 4.46. The first kappa shape index (κ1) is 11.9. The number of nitrogens with two attached hydrogens (primary N) is 1. The summed E-state index contributed by atoms with van der Waals surface area (Å²) in [5.41, 5.74) is 1.26. The Labute approximate surface area is 80.3 Å². The lowest BCUT2D eigenvalue weighted by atomic mass is 10.00. The fourth-order valence-electron chi connectivity index (χ4n) is 0.704. The summed E-state index contributed by atoms with van der Waals surface area (Å²) in [4.78, 5) is 9.73. The molecule has 12 heavy (non-hydrogen) atoms. The molecule has 0 rings (SSSR count). The molecule has 0 aromatic heterocycles. The lowest BCUT2D eigenvalue weighted by molar-refractivity contribution is -0.490. The van der Waals surface area contributed by atoms with Crippen molar-refractivity contribution in [3.05, 3.63) is 10.1 Å². The molecule has 5 nitrogen and oxygen atoms in total. The van der Waals surface area contributed by atoms with Crippen LogP contribution < -0.4 is 11.3 Å². The van der Waals surface area contributed by atoms with E-state index in [0.29, 0.717) is 0 Å². The summed E-state index contributed by atoms with van der Waals surface area (Å²) >= 11 is 11.2. The van der Waals surface area contributed by atoms with Gasteiger partial charge in [-0.1, -0.05) is 0 Å². The molecule has 0 bridgehead atoms. The second kappa shape index (κ2) is 4.81. The molecular formula is C5H11Cl2N3O2. The van der Waals surface area contributed by atoms with Crippen molar-refractivity contribution in [2.24, 2.45) is 5.84 Å². The standard InChI is InChI=1S/C5H11Cl2N3O2/c1-4(7)5(2-6,9-8)3-10(11)12/h4,9H,2-3,8H2,1H3. The molecule has 7 heteroatoms. The fraction of sp³-hybridized carbons (Fsp3) is 1.00. The summed E-state index contributed by atoms with van der Waals surface area (Å²) in [5.74, 6) is 5.14. The van der Waals surface area contributed by atoms with Gasteiger partial charge in [0.25, 0.3) is 0 Å². The van der Waals surface area contributed by atoms with E-state index in [1.54, 1.807) is 6.92 Å². The van der Waals surface area contributed by atoms with Crippen LogP contribution in [0.4, 0.5) is 0 Å². The van der Waals surface area contributed by atoms with Crippen molar-refractivity contribution in [3.63, 3.8) is 0 Å². The molecule has 3 N–H and O–H groups in total. The molecule has 0 radical (unpaired) electrons. The zero-order chi connectivity index (χ0) is 9.78. The van der Waals surface area contributed by atoms with Gasteiger partial charge in [-0.15, -0.1) is 23.2 Å². The lowest BCUT2D eigenvalue weighted by Gasteiger charge is -2.28. The van der Waals surface area contributed by atoms with Gasteiger partial charge in [0, 0.05) is 10.8 Å². The van der Waals surface area contributed by atoms with Crippen LogP contribution in [0.25, 0.3) is 0 Å². The van der Waals surface area contributed by atoms with E-state index in [1.165, 1.54) is 0 Å². The van der Waals surface area contributed by atoms with Gasteiger partial charge in [0.15, 0.2) is 0 Å². The van der Waals surface area contributed by atoms with Crippen molar-refractivity contribution in [2.75, 3.05) is 12.4 Å². The Hall–Kier alpha value is -0.100. The van der Waals surface area contributed by atoms with E-state index in [9.17, 15) is 10.1 Å². The fourth-order valence-corrected chi connectivity index (χ4v) is 1.39. The Bertz CT molecular complexity index is 161. The van der Waals surface area contributed by atoms with Crippen LogP contribution in [0.15, 0.2) is 0 Å². The van der Waals surface area contributed by atoms with E-state index in [1.807, 2.05) is 0 Å². The predicted octanol–water partition coefficient (Wildman–Crippen LogP) is 0.331. The molecule has 2 unspecified atom stereocenters. The molecule has 0 saturated heterocycles. The molecule has 0 aromatic rings. The minimum Gasteiger partial charge on any atom is -0.271 e. The topological polar surface area (TPSA) is 81.2 Å². The summed E-state index contributed by atoms with van der Waals surface area (Å²) < 4.78 is 0. The quantitative estimate of drug-likeness (QED) is 0.300. The van der Waals surface area contributed by atoms with Gasteiger partial charge in [-0.3, -0.25) is 16.0 Å². The minimum absolute atomic E-state index is 0.00481. The van der Waals surface area contributed by atoms with Gasteiger partial charge in [-0.25, -0.2) is 5.43 Å². The summed E-state index contributed by atoms with van der Waals surface area (Å²) in [6.45, 7) is 1.21. The molecule has 0 spiro atoms. The lowest BCUT2D eigenvalue weighted by Crippen LogP contribution is -2.60. The van der Waals surface area contributed by atoms with Crippen molar-refractivity contribution >= 4 is 23.2 Å². The number of hydrazine groups is 1. The van der Waals surface area contributed by atoms with Crippen molar-refractivity contribution in [1.29, 1.82) is 0 Å². The molecule has 0 aliphatic carbocycles. The molecule has 0 heterocycles. The zero-order valence-electron chi connectivity index (χ0n) is 6.59. The normalized spacial score (nSPS) is 18.3. The largest absolute Gasteiger partial charge is 0.271 e. The maximum Gasteiger partial charge on any atom is 0.225 e.